The maximum Gasteiger partial charge on any atom is 0.0384 e. The third-order valence-electron chi connectivity index (χ3n) is 4.76. The van der Waals surface area contributed by atoms with Gasteiger partial charge in [-0.05, 0) is 59.9 Å². The maximum atomic E-state index is 3.45. The van der Waals surface area contributed by atoms with Crippen molar-refractivity contribution in [1.29, 1.82) is 0 Å². The predicted octanol–water partition coefficient (Wildman–Crippen LogP) is 7.00. The Bertz CT molecular complexity index is 983. The first-order valence-corrected chi connectivity index (χ1v) is 9.33. The van der Waals surface area contributed by atoms with Gasteiger partial charge < -0.3 is 5.32 Å². The van der Waals surface area contributed by atoms with Crippen molar-refractivity contribution in [3.63, 3.8) is 0 Å². The zero-order valence-corrected chi connectivity index (χ0v) is 15.5. The molecule has 4 aromatic rings. The fourth-order valence-corrected chi connectivity index (χ4v) is 3.20. The van der Waals surface area contributed by atoms with E-state index in [1.165, 1.54) is 27.8 Å². The third kappa shape index (κ3) is 4.45. The van der Waals surface area contributed by atoms with Gasteiger partial charge in [-0.25, -0.2) is 0 Å². The van der Waals surface area contributed by atoms with E-state index in [1.807, 2.05) is 0 Å². The minimum atomic E-state index is 0.973. The molecule has 0 aromatic heterocycles. The summed E-state index contributed by atoms with van der Waals surface area (Å²) in [4.78, 5) is 0. The van der Waals surface area contributed by atoms with E-state index in [0.717, 1.165) is 17.8 Å². The van der Waals surface area contributed by atoms with Crippen LogP contribution in [0.3, 0.4) is 0 Å². The molecule has 4 rings (SSSR count). The monoisotopic (exact) mass is 349 g/mol. The van der Waals surface area contributed by atoms with Crippen LogP contribution in [-0.4, -0.2) is 0 Å². The molecule has 0 unspecified atom stereocenters. The van der Waals surface area contributed by atoms with E-state index < -0.39 is 0 Å². The van der Waals surface area contributed by atoms with Gasteiger partial charge in [-0.3, -0.25) is 0 Å². The van der Waals surface area contributed by atoms with Gasteiger partial charge in [-0.2, -0.15) is 0 Å². The van der Waals surface area contributed by atoms with Crippen molar-refractivity contribution < 1.29 is 0 Å². The minimum absolute atomic E-state index is 0.973. The third-order valence-corrected chi connectivity index (χ3v) is 4.76. The molecule has 0 aliphatic carbocycles. The molecule has 4 aromatic carbocycles. The van der Waals surface area contributed by atoms with Gasteiger partial charge in [0.25, 0.3) is 0 Å². The van der Waals surface area contributed by atoms with Gasteiger partial charge in [0.2, 0.25) is 0 Å². The van der Waals surface area contributed by atoms with Gasteiger partial charge >= 0.3 is 0 Å². The number of anilines is 2. The van der Waals surface area contributed by atoms with E-state index in [-0.39, 0.29) is 0 Å². The van der Waals surface area contributed by atoms with Crippen LogP contribution in [0.25, 0.3) is 11.1 Å². The van der Waals surface area contributed by atoms with Crippen molar-refractivity contribution in [3.8, 4) is 11.1 Å². The van der Waals surface area contributed by atoms with Gasteiger partial charge in [0.15, 0.2) is 0 Å². The summed E-state index contributed by atoms with van der Waals surface area (Å²) < 4.78 is 0. The number of hydrogen-bond acceptors (Lipinski definition) is 1. The lowest BCUT2D eigenvalue weighted by atomic mass is 10.0. The number of aryl methyl sites for hydroxylation is 1. The highest BCUT2D eigenvalue weighted by Crippen LogP contribution is 2.24. The summed E-state index contributed by atoms with van der Waals surface area (Å²) in [7, 11) is 0. The average Bonchev–Trinajstić information content (AvgIpc) is 2.72. The molecule has 0 aliphatic rings. The van der Waals surface area contributed by atoms with E-state index >= 15 is 0 Å². The first-order valence-electron chi connectivity index (χ1n) is 9.33. The van der Waals surface area contributed by atoms with Crippen LogP contribution in [0.2, 0.25) is 0 Å². The summed E-state index contributed by atoms with van der Waals surface area (Å²) in [5.41, 5.74) is 8.64. The smallest absolute Gasteiger partial charge is 0.0384 e. The molecule has 1 nitrogen and oxygen atoms in total. The minimum Gasteiger partial charge on any atom is -0.356 e. The van der Waals surface area contributed by atoms with Gasteiger partial charge in [0, 0.05) is 11.4 Å². The number of hydrogen-bond donors (Lipinski definition) is 1. The number of nitrogens with one attached hydrogen (secondary N) is 1. The van der Waals surface area contributed by atoms with E-state index in [0.29, 0.717) is 0 Å². The quantitative estimate of drug-likeness (QED) is 0.409. The number of benzene rings is 4. The molecule has 0 aliphatic heterocycles. The molecule has 0 bridgehead atoms. The first kappa shape index (κ1) is 17.1. The number of rotatable bonds is 5. The highest BCUT2D eigenvalue weighted by atomic mass is 14.9. The molecule has 0 fully saturated rings. The van der Waals surface area contributed by atoms with Crippen molar-refractivity contribution in [2.24, 2.45) is 0 Å². The standard InChI is InChI=1S/C26H23N/c1-20-7-15-25(16-8-20)27-26-17-13-24(14-18-26)23-11-9-22(10-12-23)19-21-5-3-2-4-6-21/h2-18,27H,19H2,1H3. The Morgan fingerprint density at radius 1 is 0.519 bits per heavy atom. The van der Waals surface area contributed by atoms with Crippen LogP contribution >= 0.6 is 0 Å². The van der Waals surface area contributed by atoms with Crippen LogP contribution in [0.15, 0.2) is 103 Å². The summed E-state index contributed by atoms with van der Waals surface area (Å²) in [5.74, 6) is 0. The Morgan fingerprint density at radius 3 is 1.59 bits per heavy atom. The summed E-state index contributed by atoms with van der Waals surface area (Å²) in [6, 6.07) is 36.5. The lowest BCUT2D eigenvalue weighted by Crippen LogP contribution is -1.90. The van der Waals surface area contributed by atoms with Gasteiger partial charge in [-0.15, -0.1) is 0 Å². The van der Waals surface area contributed by atoms with Crippen molar-refractivity contribution in [3.05, 3.63) is 120 Å². The molecule has 0 spiro atoms. The largest absolute Gasteiger partial charge is 0.356 e. The van der Waals surface area contributed by atoms with Crippen molar-refractivity contribution in [2.75, 3.05) is 5.32 Å². The summed E-state index contributed by atoms with van der Waals surface area (Å²) in [6.07, 6.45) is 0.973. The Balaban J connectivity index is 1.44. The summed E-state index contributed by atoms with van der Waals surface area (Å²) in [5, 5.41) is 3.45. The second-order valence-electron chi connectivity index (χ2n) is 6.93. The molecule has 0 atom stereocenters. The fourth-order valence-electron chi connectivity index (χ4n) is 3.20. The molecule has 0 heterocycles. The average molecular weight is 349 g/mol. The highest BCUT2D eigenvalue weighted by Gasteiger charge is 2.01. The van der Waals surface area contributed by atoms with Crippen LogP contribution in [0.4, 0.5) is 11.4 Å². The predicted molar refractivity (Wildman–Crippen MR) is 116 cm³/mol. The van der Waals surface area contributed by atoms with E-state index in [1.54, 1.807) is 0 Å². The lowest BCUT2D eigenvalue weighted by Gasteiger charge is -2.09. The molecule has 27 heavy (non-hydrogen) atoms. The van der Waals surface area contributed by atoms with Crippen molar-refractivity contribution >= 4 is 11.4 Å². The van der Waals surface area contributed by atoms with Crippen LogP contribution < -0.4 is 5.32 Å². The molecule has 0 radical (unpaired) electrons. The Morgan fingerprint density at radius 2 is 1.00 bits per heavy atom. The van der Waals surface area contributed by atoms with E-state index in [9.17, 15) is 0 Å². The molecule has 132 valence electrons. The second-order valence-corrected chi connectivity index (χ2v) is 6.93. The summed E-state index contributed by atoms with van der Waals surface area (Å²) in [6.45, 7) is 2.10. The molecule has 1 heteroatoms. The molecule has 0 saturated heterocycles. The second kappa shape index (κ2) is 7.92. The zero-order chi connectivity index (χ0) is 18.5. The van der Waals surface area contributed by atoms with Crippen LogP contribution in [0.1, 0.15) is 16.7 Å². The molecular weight excluding hydrogens is 326 g/mol. The van der Waals surface area contributed by atoms with Crippen molar-refractivity contribution in [2.45, 2.75) is 13.3 Å². The Hall–Kier alpha value is -3.32. The molecule has 0 amide bonds. The van der Waals surface area contributed by atoms with Crippen molar-refractivity contribution in [1.82, 2.24) is 0 Å². The SMILES string of the molecule is Cc1ccc(Nc2ccc(-c3ccc(Cc4ccccc4)cc3)cc2)cc1. The molecule has 0 saturated carbocycles. The van der Waals surface area contributed by atoms with E-state index in [2.05, 4.69) is 115 Å². The van der Waals surface area contributed by atoms with Gasteiger partial charge in [-0.1, -0.05) is 84.4 Å². The van der Waals surface area contributed by atoms with E-state index in [4.69, 9.17) is 0 Å². The fraction of sp³-hybridized carbons (Fsp3) is 0.0769. The Labute approximate surface area is 161 Å². The molecule has 1 N–H and O–H groups in total. The zero-order valence-electron chi connectivity index (χ0n) is 15.5. The highest BCUT2D eigenvalue weighted by molar-refractivity contribution is 5.68. The topological polar surface area (TPSA) is 12.0 Å². The summed E-state index contributed by atoms with van der Waals surface area (Å²) >= 11 is 0. The van der Waals surface area contributed by atoms with Crippen LogP contribution in [0.5, 0.6) is 0 Å². The lowest BCUT2D eigenvalue weighted by molar-refractivity contribution is 1.19. The van der Waals surface area contributed by atoms with Gasteiger partial charge in [0.05, 0.1) is 0 Å². The normalized spacial score (nSPS) is 10.6. The Kier molecular flexibility index (Phi) is 5.02. The molecular formula is C26H23N. The maximum absolute atomic E-state index is 3.45. The van der Waals surface area contributed by atoms with Crippen LogP contribution in [0, 0.1) is 6.92 Å². The van der Waals surface area contributed by atoms with Crippen LogP contribution in [-0.2, 0) is 6.42 Å². The first-order chi connectivity index (χ1) is 13.3. The van der Waals surface area contributed by atoms with Gasteiger partial charge in [0.1, 0.15) is 0 Å².